The lowest BCUT2D eigenvalue weighted by Crippen LogP contribution is -2.20. The lowest BCUT2D eigenvalue weighted by atomic mass is 10.2. The van der Waals surface area contributed by atoms with Crippen LogP contribution in [0.15, 0.2) is 16.6 Å². The van der Waals surface area contributed by atoms with Gasteiger partial charge in [0.25, 0.3) is 0 Å². The van der Waals surface area contributed by atoms with Gasteiger partial charge in [0.05, 0.1) is 10.2 Å². The van der Waals surface area contributed by atoms with Gasteiger partial charge in [-0.25, -0.2) is 4.39 Å². The van der Waals surface area contributed by atoms with Crippen LogP contribution in [0.25, 0.3) is 0 Å². The second-order valence-corrected chi connectivity index (χ2v) is 4.78. The maximum absolute atomic E-state index is 14.0. The molecule has 0 atom stereocenters. The normalized spacial score (nSPS) is 10.2. The molecule has 16 heavy (non-hydrogen) atoms. The monoisotopic (exact) mass is 304 g/mol. The van der Waals surface area contributed by atoms with E-state index in [1.54, 1.807) is 12.1 Å². The first-order valence-corrected chi connectivity index (χ1v) is 6.18. The second-order valence-electron chi connectivity index (χ2n) is 3.55. The van der Waals surface area contributed by atoms with Crippen LogP contribution in [0.3, 0.4) is 0 Å². The van der Waals surface area contributed by atoms with Gasteiger partial charge in [-0.15, -0.1) is 0 Å². The quantitative estimate of drug-likeness (QED) is 0.867. The Bertz CT molecular complexity index is 409. The molecule has 2 nitrogen and oxygen atoms in total. The van der Waals surface area contributed by atoms with Crippen molar-refractivity contribution in [3.05, 3.63) is 28.0 Å². The van der Waals surface area contributed by atoms with Crippen LogP contribution in [0.5, 0.6) is 0 Å². The number of nitrogens with zero attached hydrogens (tertiary/aromatic N) is 1. The average Bonchev–Trinajstić information content (AvgIpc) is 2.21. The highest BCUT2D eigenvalue weighted by Crippen LogP contribution is 2.29. The largest absolute Gasteiger partial charge is 0.389 e. The summed E-state index contributed by atoms with van der Waals surface area (Å²) in [6, 6.07) is 3.43. The Labute approximate surface area is 109 Å². The molecule has 1 aromatic rings. The molecule has 0 saturated heterocycles. The SMILES string of the molecule is CCCN(C)c1ccc(C(N)=S)c(Br)c1F. The summed E-state index contributed by atoms with van der Waals surface area (Å²) in [5.41, 5.74) is 6.57. The fourth-order valence-electron chi connectivity index (χ4n) is 1.48. The Balaban J connectivity index is 3.16. The van der Waals surface area contributed by atoms with E-state index >= 15 is 0 Å². The van der Waals surface area contributed by atoms with Gasteiger partial charge in [0, 0.05) is 19.2 Å². The standard InChI is InChI=1S/C11H14BrFN2S/c1-3-6-15(2)8-5-4-7(11(14)16)9(12)10(8)13/h4-5H,3,6H2,1-2H3,(H2,14,16). The van der Waals surface area contributed by atoms with Crippen molar-refractivity contribution in [3.8, 4) is 0 Å². The van der Waals surface area contributed by atoms with Crippen molar-refractivity contribution in [1.82, 2.24) is 0 Å². The van der Waals surface area contributed by atoms with Gasteiger partial charge in [0.1, 0.15) is 4.99 Å². The molecule has 1 rings (SSSR count). The fourth-order valence-corrected chi connectivity index (χ4v) is 2.33. The zero-order chi connectivity index (χ0) is 12.3. The van der Waals surface area contributed by atoms with E-state index in [0.717, 1.165) is 13.0 Å². The summed E-state index contributed by atoms with van der Waals surface area (Å²) < 4.78 is 14.3. The molecule has 5 heteroatoms. The van der Waals surface area contributed by atoms with E-state index in [-0.39, 0.29) is 10.8 Å². The molecule has 0 fully saturated rings. The number of hydrogen-bond donors (Lipinski definition) is 1. The predicted octanol–water partition coefficient (Wildman–Crippen LogP) is 3.07. The average molecular weight is 305 g/mol. The van der Waals surface area contributed by atoms with Crippen LogP contribution in [0, 0.1) is 5.82 Å². The van der Waals surface area contributed by atoms with Crippen LogP contribution in [0.2, 0.25) is 0 Å². The van der Waals surface area contributed by atoms with Crippen molar-refractivity contribution in [2.75, 3.05) is 18.5 Å². The van der Waals surface area contributed by atoms with Gasteiger partial charge < -0.3 is 10.6 Å². The number of halogens is 2. The molecule has 0 unspecified atom stereocenters. The number of nitrogens with two attached hydrogens (primary N) is 1. The minimum atomic E-state index is -0.318. The number of anilines is 1. The third kappa shape index (κ3) is 2.71. The summed E-state index contributed by atoms with van der Waals surface area (Å²) in [4.78, 5) is 2.05. The summed E-state index contributed by atoms with van der Waals surface area (Å²) in [5, 5.41) is 0. The molecule has 0 aliphatic carbocycles. The zero-order valence-electron chi connectivity index (χ0n) is 9.26. The molecule has 0 saturated carbocycles. The minimum absolute atomic E-state index is 0.190. The summed E-state index contributed by atoms with van der Waals surface area (Å²) >= 11 is 8.02. The van der Waals surface area contributed by atoms with Crippen molar-refractivity contribution in [2.24, 2.45) is 5.73 Å². The molecule has 0 radical (unpaired) electrons. The number of thiocarbonyl (C=S) groups is 1. The highest BCUT2D eigenvalue weighted by Gasteiger charge is 2.14. The zero-order valence-corrected chi connectivity index (χ0v) is 11.7. The highest BCUT2D eigenvalue weighted by molar-refractivity contribution is 9.10. The lowest BCUT2D eigenvalue weighted by molar-refractivity contribution is 0.615. The lowest BCUT2D eigenvalue weighted by Gasteiger charge is -2.20. The molecule has 0 bridgehead atoms. The van der Waals surface area contributed by atoms with Crippen LogP contribution in [-0.4, -0.2) is 18.6 Å². The van der Waals surface area contributed by atoms with Crippen LogP contribution < -0.4 is 10.6 Å². The van der Waals surface area contributed by atoms with Crippen molar-refractivity contribution < 1.29 is 4.39 Å². The molecular weight excluding hydrogens is 291 g/mol. The van der Waals surface area contributed by atoms with E-state index in [1.807, 2.05) is 18.9 Å². The van der Waals surface area contributed by atoms with Crippen molar-refractivity contribution in [3.63, 3.8) is 0 Å². The first kappa shape index (κ1) is 13.4. The Morgan fingerprint density at radius 3 is 2.69 bits per heavy atom. The highest BCUT2D eigenvalue weighted by atomic mass is 79.9. The summed E-state index contributed by atoms with van der Waals surface area (Å²) in [6.45, 7) is 2.85. The molecule has 1 aromatic carbocycles. The topological polar surface area (TPSA) is 29.3 Å². The molecule has 0 heterocycles. The third-order valence-electron chi connectivity index (χ3n) is 2.30. The molecular formula is C11H14BrFN2S. The number of hydrogen-bond acceptors (Lipinski definition) is 2. The molecule has 0 amide bonds. The minimum Gasteiger partial charge on any atom is -0.389 e. The molecule has 0 aliphatic heterocycles. The van der Waals surface area contributed by atoms with E-state index in [2.05, 4.69) is 15.9 Å². The molecule has 0 aliphatic rings. The molecule has 0 aromatic heterocycles. The predicted molar refractivity (Wildman–Crippen MR) is 73.5 cm³/mol. The second kappa shape index (κ2) is 5.59. The van der Waals surface area contributed by atoms with Gasteiger partial charge in [-0.05, 0) is 34.5 Å². The van der Waals surface area contributed by atoms with Crippen molar-refractivity contribution in [1.29, 1.82) is 0 Å². The van der Waals surface area contributed by atoms with Crippen LogP contribution in [0.4, 0.5) is 10.1 Å². The Morgan fingerprint density at radius 1 is 1.56 bits per heavy atom. The number of benzene rings is 1. The van der Waals surface area contributed by atoms with E-state index in [4.69, 9.17) is 18.0 Å². The summed E-state index contributed by atoms with van der Waals surface area (Å²) in [7, 11) is 1.86. The van der Waals surface area contributed by atoms with Gasteiger partial charge in [0.2, 0.25) is 0 Å². The van der Waals surface area contributed by atoms with Crippen LogP contribution in [0.1, 0.15) is 18.9 Å². The van der Waals surface area contributed by atoms with Gasteiger partial charge in [-0.1, -0.05) is 19.1 Å². The van der Waals surface area contributed by atoms with Crippen molar-refractivity contribution in [2.45, 2.75) is 13.3 Å². The van der Waals surface area contributed by atoms with E-state index in [1.165, 1.54) is 0 Å². The molecule has 0 spiro atoms. The summed E-state index contributed by atoms with van der Waals surface area (Å²) in [5.74, 6) is -0.318. The van der Waals surface area contributed by atoms with Gasteiger partial charge in [-0.2, -0.15) is 0 Å². The van der Waals surface area contributed by atoms with Crippen molar-refractivity contribution >= 4 is 38.8 Å². The Morgan fingerprint density at radius 2 is 2.19 bits per heavy atom. The maximum Gasteiger partial charge on any atom is 0.161 e. The Hall–Kier alpha value is -0.680. The van der Waals surface area contributed by atoms with E-state index < -0.39 is 0 Å². The smallest absolute Gasteiger partial charge is 0.161 e. The van der Waals surface area contributed by atoms with Crippen LogP contribution >= 0.6 is 28.1 Å². The summed E-state index contributed by atoms with van der Waals surface area (Å²) in [6.07, 6.45) is 0.963. The van der Waals surface area contributed by atoms with E-state index in [0.29, 0.717) is 15.7 Å². The van der Waals surface area contributed by atoms with Gasteiger partial charge in [-0.3, -0.25) is 0 Å². The third-order valence-corrected chi connectivity index (χ3v) is 3.29. The first-order chi connectivity index (χ1) is 7.49. The molecule has 2 N–H and O–H groups in total. The van der Waals surface area contributed by atoms with E-state index in [9.17, 15) is 4.39 Å². The van der Waals surface area contributed by atoms with Gasteiger partial charge in [0.15, 0.2) is 5.82 Å². The maximum atomic E-state index is 14.0. The number of rotatable bonds is 4. The fraction of sp³-hybridized carbons (Fsp3) is 0.364. The van der Waals surface area contributed by atoms with Gasteiger partial charge >= 0.3 is 0 Å². The Kier molecular flexibility index (Phi) is 4.68. The first-order valence-electron chi connectivity index (χ1n) is 4.98. The van der Waals surface area contributed by atoms with Crippen LogP contribution in [-0.2, 0) is 0 Å². The molecule has 88 valence electrons.